The number of fused-ring (bicyclic) bond motifs is 1. The molecule has 2 heterocycles. The predicted molar refractivity (Wildman–Crippen MR) is 60.8 cm³/mol. The summed E-state index contributed by atoms with van der Waals surface area (Å²) in [6, 6.07) is 10.6. The van der Waals surface area contributed by atoms with E-state index in [0.717, 1.165) is 19.4 Å². The number of hydrogen-bond donors (Lipinski definition) is 1. The molecular weight excluding hydrogens is 186 g/mol. The molecule has 0 aliphatic carbocycles. The molecule has 1 aromatic carbocycles. The summed E-state index contributed by atoms with van der Waals surface area (Å²) in [4.78, 5) is 3.45. The summed E-state index contributed by atoms with van der Waals surface area (Å²) in [7, 11) is 0. The number of aromatic nitrogens is 1. The maximum Gasteiger partial charge on any atom is 0.105 e. The summed E-state index contributed by atoms with van der Waals surface area (Å²) in [5.41, 5.74) is 2.31. The minimum Gasteiger partial charge on any atom is -0.369 e. The number of H-pyrrole nitrogens is 1. The second-order valence-electron chi connectivity index (χ2n) is 4.45. The van der Waals surface area contributed by atoms with Gasteiger partial charge in [-0.3, -0.25) is 0 Å². The van der Waals surface area contributed by atoms with E-state index in [1.807, 2.05) is 0 Å². The third-order valence-electron chi connectivity index (χ3n) is 3.32. The lowest BCUT2D eigenvalue weighted by Gasteiger charge is -2.21. The van der Waals surface area contributed by atoms with Gasteiger partial charge >= 0.3 is 0 Å². The number of nitrogens with one attached hydrogen (secondary N) is 1. The molecule has 0 bridgehead atoms. The molecule has 1 atom stereocenters. The largest absolute Gasteiger partial charge is 0.369 e. The lowest BCUT2D eigenvalue weighted by molar-refractivity contribution is 0.0138. The fourth-order valence-corrected chi connectivity index (χ4v) is 2.35. The Kier molecular flexibility index (Phi) is 1.86. The minimum atomic E-state index is -0.0982. The average molecular weight is 201 g/mol. The molecule has 1 fully saturated rings. The van der Waals surface area contributed by atoms with Crippen molar-refractivity contribution in [3.63, 3.8) is 0 Å². The van der Waals surface area contributed by atoms with Gasteiger partial charge < -0.3 is 9.72 Å². The molecule has 1 aliphatic rings. The minimum absolute atomic E-state index is 0.0982. The highest BCUT2D eigenvalue weighted by atomic mass is 16.5. The zero-order valence-corrected chi connectivity index (χ0v) is 8.92. The van der Waals surface area contributed by atoms with Crippen molar-refractivity contribution in [1.82, 2.24) is 4.98 Å². The molecule has 1 unspecified atom stereocenters. The molecule has 2 aromatic rings. The topological polar surface area (TPSA) is 25.0 Å². The first kappa shape index (κ1) is 8.98. The van der Waals surface area contributed by atoms with Crippen LogP contribution in [-0.4, -0.2) is 11.6 Å². The molecule has 15 heavy (non-hydrogen) atoms. The van der Waals surface area contributed by atoms with Gasteiger partial charge in [-0.05, 0) is 37.3 Å². The SMILES string of the molecule is CC1(c2cc3ccccc3[nH]2)CCCO1. The van der Waals surface area contributed by atoms with Crippen LogP contribution in [0.2, 0.25) is 0 Å². The van der Waals surface area contributed by atoms with Gasteiger partial charge in [0.25, 0.3) is 0 Å². The van der Waals surface area contributed by atoms with Gasteiger partial charge in [0.2, 0.25) is 0 Å². The van der Waals surface area contributed by atoms with E-state index < -0.39 is 0 Å². The molecule has 2 nitrogen and oxygen atoms in total. The van der Waals surface area contributed by atoms with Gasteiger partial charge in [0.05, 0.1) is 0 Å². The third-order valence-corrected chi connectivity index (χ3v) is 3.32. The van der Waals surface area contributed by atoms with Crippen molar-refractivity contribution < 1.29 is 4.74 Å². The zero-order chi connectivity index (χ0) is 10.3. The van der Waals surface area contributed by atoms with Crippen LogP contribution in [0.3, 0.4) is 0 Å². The molecule has 0 saturated carbocycles. The summed E-state index contributed by atoms with van der Waals surface area (Å²) >= 11 is 0. The highest BCUT2D eigenvalue weighted by molar-refractivity contribution is 5.80. The first-order valence-corrected chi connectivity index (χ1v) is 5.50. The van der Waals surface area contributed by atoms with E-state index in [1.165, 1.54) is 16.6 Å². The van der Waals surface area contributed by atoms with Crippen LogP contribution in [-0.2, 0) is 10.3 Å². The predicted octanol–water partition coefficient (Wildman–Crippen LogP) is 3.19. The molecule has 2 heteroatoms. The van der Waals surface area contributed by atoms with Crippen LogP contribution in [0, 0.1) is 0 Å². The van der Waals surface area contributed by atoms with Gasteiger partial charge in [-0.15, -0.1) is 0 Å². The van der Waals surface area contributed by atoms with E-state index in [9.17, 15) is 0 Å². The molecule has 1 aromatic heterocycles. The third kappa shape index (κ3) is 1.37. The van der Waals surface area contributed by atoms with E-state index in [-0.39, 0.29) is 5.60 Å². The molecule has 3 rings (SSSR count). The Morgan fingerprint density at radius 1 is 1.33 bits per heavy atom. The maximum atomic E-state index is 5.82. The average Bonchev–Trinajstić information content (AvgIpc) is 2.84. The monoisotopic (exact) mass is 201 g/mol. The quantitative estimate of drug-likeness (QED) is 0.753. The number of hydrogen-bond acceptors (Lipinski definition) is 1. The molecule has 78 valence electrons. The van der Waals surface area contributed by atoms with E-state index in [0.29, 0.717) is 0 Å². The Labute approximate surface area is 89.3 Å². The van der Waals surface area contributed by atoms with E-state index in [1.54, 1.807) is 0 Å². The second kappa shape index (κ2) is 3.11. The van der Waals surface area contributed by atoms with Gasteiger partial charge in [0, 0.05) is 17.8 Å². The van der Waals surface area contributed by atoms with Crippen molar-refractivity contribution >= 4 is 10.9 Å². The van der Waals surface area contributed by atoms with Crippen molar-refractivity contribution in [2.45, 2.75) is 25.4 Å². The molecule has 0 radical (unpaired) electrons. The van der Waals surface area contributed by atoms with Gasteiger partial charge in [0.15, 0.2) is 0 Å². The molecule has 1 aliphatic heterocycles. The highest BCUT2D eigenvalue weighted by Gasteiger charge is 2.33. The fourth-order valence-electron chi connectivity index (χ4n) is 2.35. The number of para-hydroxylation sites is 1. The molecule has 0 amide bonds. The summed E-state index contributed by atoms with van der Waals surface area (Å²) in [6.45, 7) is 3.05. The summed E-state index contributed by atoms with van der Waals surface area (Å²) in [6.07, 6.45) is 2.27. The molecule has 1 N–H and O–H groups in total. The Balaban J connectivity index is 2.11. The summed E-state index contributed by atoms with van der Waals surface area (Å²) in [5.74, 6) is 0. The van der Waals surface area contributed by atoms with Crippen LogP contribution in [0.5, 0.6) is 0 Å². The van der Waals surface area contributed by atoms with Crippen molar-refractivity contribution in [3.8, 4) is 0 Å². The van der Waals surface area contributed by atoms with Gasteiger partial charge in [-0.25, -0.2) is 0 Å². The van der Waals surface area contributed by atoms with Crippen LogP contribution >= 0.6 is 0 Å². The van der Waals surface area contributed by atoms with Gasteiger partial charge in [0.1, 0.15) is 5.60 Å². The number of aromatic amines is 1. The lowest BCUT2D eigenvalue weighted by Crippen LogP contribution is -2.20. The number of rotatable bonds is 1. The van der Waals surface area contributed by atoms with Gasteiger partial charge in [-0.1, -0.05) is 18.2 Å². The maximum absolute atomic E-state index is 5.82. The molecule has 1 saturated heterocycles. The Hall–Kier alpha value is -1.28. The lowest BCUT2D eigenvalue weighted by atomic mass is 9.99. The van der Waals surface area contributed by atoms with Crippen molar-refractivity contribution in [2.24, 2.45) is 0 Å². The smallest absolute Gasteiger partial charge is 0.105 e. The van der Waals surface area contributed by atoms with E-state index >= 15 is 0 Å². The van der Waals surface area contributed by atoms with Crippen LogP contribution in [0.1, 0.15) is 25.5 Å². The number of ether oxygens (including phenoxy) is 1. The fraction of sp³-hybridized carbons (Fsp3) is 0.385. The standard InChI is InChI=1S/C13H15NO/c1-13(7-4-8-15-13)12-9-10-5-2-3-6-11(10)14-12/h2-3,5-6,9,14H,4,7-8H2,1H3. The first-order valence-electron chi connectivity index (χ1n) is 5.50. The Bertz CT molecular complexity index is 447. The van der Waals surface area contributed by atoms with E-state index in [4.69, 9.17) is 4.74 Å². The zero-order valence-electron chi connectivity index (χ0n) is 8.92. The Morgan fingerprint density at radius 3 is 2.93 bits per heavy atom. The number of benzene rings is 1. The van der Waals surface area contributed by atoms with Gasteiger partial charge in [-0.2, -0.15) is 0 Å². The highest BCUT2D eigenvalue weighted by Crippen LogP contribution is 2.36. The second-order valence-corrected chi connectivity index (χ2v) is 4.45. The van der Waals surface area contributed by atoms with Crippen LogP contribution < -0.4 is 0 Å². The molecule has 0 spiro atoms. The van der Waals surface area contributed by atoms with Crippen molar-refractivity contribution in [2.75, 3.05) is 6.61 Å². The summed E-state index contributed by atoms with van der Waals surface area (Å²) < 4.78 is 5.82. The summed E-state index contributed by atoms with van der Waals surface area (Å²) in [5, 5.41) is 1.27. The normalized spacial score (nSPS) is 26.2. The Morgan fingerprint density at radius 2 is 2.20 bits per heavy atom. The van der Waals surface area contributed by atoms with Crippen molar-refractivity contribution in [3.05, 3.63) is 36.0 Å². The van der Waals surface area contributed by atoms with E-state index in [2.05, 4.69) is 42.2 Å². The molecular formula is C13H15NO. The van der Waals surface area contributed by atoms with Crippen LogP contribution in [0.15, 0.2) is 30.3 Å². The van der Waals surface area contributed by atoms with Crippen LogP contribution in [0.4, 0.5) is 0 Å². The van der Waals surface area contributed by atoms with Crippen LogP contribution in [0.25, 0.3) is 10.9 Å². The van der Waals surface area contributed by atoms with Crippen molar-refractivity contribution in [1.29, 1.82) is 0 Å². The first-order chi connectivity index (χ1) is 7.28.